The maximum atomic E-state index is 11.7. The van der Waals surface area contributed by atoms with Crippen molar-refractivity contribution in [2.45, 2.75) is 25.1 Å². The number of hydrogen-bond acceptors (Lipinski definition) is 2. The molecule has 0 spiro atoms. The van der Waals surface area contributed by atoms with E-state index in [0.29, 0.717) is 6.61 Å². The summed E-state index contributed by atoms with van der Waals surface area (Å²) in [7, 11) is 0. The van der Waals surface area contributed by atoms with Crippen LogP contribution in [0.4, 0.5) is 5.69 Å². The van der Waals surface area contributed by atoms with Gasteiger partial charge in [-0.05, 0) is 32.9 Å². The highest BCUT2D eigenvalue weighted by Gasteiger charge is 2.23. The summed E-state index contributed by atoms with van der Waals surface area (Å²) in [5.41, 5.74) is 0.739. The second-order valence-electron chi connectivity index (χ2n) is 3.89. The molecule has 0 aliphatic heterocycles. The molecule has 1 N–H and O–H groups in total. The lowest BCUT2D eigenvalue weighted by Crippen LogP contribution is -2.30. The van der Waals surface area contributed by atoms with E-state index in [1.807, 2.05) is 25.1 Å². The van der Waals surface area contributed by atoms with Gasteiger partial charge in [-0.15, -0.1) is 0 Å². The van der Waals surface area contributed by atoms with Crippen LogP contribution in [0.3, 0.4) is 0 Å². The zero-order valence-electron chi connectivity index (χ0n) is 9.71. The van der Waals surface area contributed by atoms with Crippen LogP contribution in [0, 0.1) is 0 Å². The average Bonchev–Trinajstić information content (AvgIpc) is 2.17. The lowest BCUT2D eigenvalue weighted by molar-refractivity contribution is -0.117. The van der Waals surface area contributed by atoms with Crippen molar-refractivity contribution in [3.05, 3.63) is 24.3 Å². The molecule has 16 heavy (non-hydrogen) atoms. The fourth-order valence-electron chi connectivity index (χ4n) is 1.11. The molecule has 1 aromatic carbocycles. The van der Waals surface area contributed by atoms with Crippen LogP contribution >= 0.6 is 15.9 Å². The average molecular weight is 286 g/mol. The molecule has 0 aliphatic carbocycles. The van der Waals surface area contributed by atoms with Crippen molar-refractivity contribution in [3.63, 3.8) is 0 Å². The lowest BCUT2D eigenvalue weighted by atomic mass is 10.2. The molecule has 0 radical (unpaired) electrons. The van der Waals surface area contributed by atoms with Gasteiger partial charge >= 0.3 is 0 Å². The molecule has 1 amide bonds. The predicted octanol–water partition coefficient (Wildman–Crippen LogP) is 3.20. The van der Waals surface area contributed by atoms with Crippen molar-refractivity contribution in [1.82, 2.24) is 0 Å². The molecule has 3 nitrogen and oxygen atoms in total. The molecule has 0 saturated carbocycles. The quantitative estimate of drug-likeness (QED) is 0.863. The number of rotatable bonds is 4. The van der Waals surface area contributed by atoms with Gasteiger partial charge in [0.25, 0.3) is 0 Å². The van der Waals surface area contributed by atoms with Gasteiger partial charge in [-0.3, -0.25) is 4.79 Å². The van der Waals surface area contributed by atoms with Gasteiger partial charge in [0.2, 0.25) is 5.91 Å². The Hall–Kier alpha value is -1.03. The van der Waals surface area contributed by atoms with E-state index in [2.05, 4.69) is 21.2 Å². The summed E-state index contributed by atoms with van der Waals surface area (Å²) in [4.78, 5) is 11.7. The second kappa shape index (κ2) is 5.34. The molecule has 1 aromatic rings. The lowest BCUT2D eigenvalue weighted by Gasteiger charge is -2.16. The first-order valence-corrected chi connectivity index (χ1v) is 5.96. The summed E-state index contributed by atoms with van der Waals surface area (Å²) < 4.78 is 4.78. The van der Waals surface area contributed by atoms with Gasteiger partial charge in [-0.2, -0.15) is 0 Å². The third-order valence-electron chi connectivity index (χ3n) is 1.94. The Balaban J connectivity index is 2.74. The summed E-state index contributed by atoms with van der Waals surface area (Å²) in [5, 5.41) is 2.81. The first-order valence-electron chi connectivity index (χ1n) is 5.16. The van der Waals surface area contributed by atoms with E-state index in [-0.39, 0.29) is 5.91 Å². The van der Waals surface area contributed by atoms with Crippen LogP contribution in [0.1, 0.15) is 20.8 Å². The molecule has 0 bridgehead atoms. The van der Waals surface area contributed by atoms with Crippen LogP contribution in [0.2, 0.25) is 0 Å². The van der Waals surface area contributed by atoms with Gasteiger partial charge in [-0.1, -0.05) is 22.0 Å². The van der Waals surface area contributed by atoms with Crippen LogP contribution in [0.15, 0.2) is 24.3 Å². The first-order chi connectivity index (χ1) is 7.43. The third kappa shape index (κ3) is 3.85. The standard InChI is InChI=1S/C12H16BrNO2/c1-4-16-10-7-5-6-9(8-10)14-11(15)12(2,3)13/h5-8H,4H2,1-3H3,(H,14,15). The van der Waals surface area contributed by atoms with E-state index >= 15 is 0 Å². The molecule has 0 aromatic heterocycles. The minimum Gasteiger partial charge on any atom is -0.494 e. The number of carbonyl (C=O) groups is 1. The summed E-state index contributed by atoms with van der Waals surface area (Å²) >= 11 is 3.31. The Kier molecular flexibility index (Phi) is 4.35. The highest BCUT2D eigenvalue weighted by Crippen LogP contribution is 2.21. The van der Waals surface area contributed by atoms with E-state index < -0.39 is 4.32 Å². The fraction of sp³-hybridized carbons (Fsp3) is 0.417. The molecule has 88 valence electrons. The minimum absolute atomic E-state index is 0.0823. The summed E-state index contributed by atoms with van der Waals surface area (Å²) in [6.07, 6.45) is 0. The number of ether oxygens (including phenoxy) is 1. The zero-order chi connectivity index (χ0) is 12.2. The van der Waals surface area contributed by atoms with E-state index in [9.17, 15) is 4.79 Å². The maximum absolute atomic E-state index is 11.7. The van der Waals surface area contributed by atoms with Crippen LogP contribution in [0.5, 0.6) is 5.75 Å². The van der Waals surface area contributed by atoms with Crippen LogP contribution in [0.25, 0.3) is 0 Å². The minimum atomic E-state index is -0.575. The maximum Gasteiger partial charge on any atom is 0.240 e. The highest BCUT2D eigenvalue weighted by atomic mass is 79.9. The van der Waals surface area contributed by atoms with Gasteiger partial charge in [0.1, 0.15) is 5.75 Å². The van der Waals surface area contributed by atoms with E-state index in [1.165, 1.54) is 0 Å². The van der Waals surface area contributed by atoms with Gasteiger partial charge in [0.05, 0.1) is 10.9 Å². The molecule has 0 heterocycles. The SMILES string of the molecule is CCOc1cccc(NC(=O)C(C)(C)Br)c1. The highest BCUT2D eigenvalue weighted by molar-refractivity contribution is 9.10. The summed E-state index contributed by atoms with van der Waals surface area (Å²) in [6.45, 7) is 6.14. The number of benzene rings is 1. The molecule has 0 unspecified atom stereocenters. The van der Waals surface area contributed by atoms with Crippen molar-refractivity contribution >= 4 is 27.5 Å². The molecular formula is C12H16BrNO2. The molecule has 0 fully saturated rings. The van der Waals surface area contributed by atoms with Crippen molar-refractivity contribution < 1.29 is 9.53 Å². The van der Waals surface area contributed by atoms with E-state index in [1.54, 1.807) is 19.9 Å². The number of hydrogen-bond donors (Lipinski definition) is 1. The normalized spacial score (nSPS) is 11.0. The van der Waals surface area contributed by atoms with Crippen LogP contribution in [-0.2, 0) is 4.79 Å². The molecule has 4 heteroatoms. The van der Waals surface area contributed by atoms with E-state index in [4.69, 9.17) is 4.74 Å². The topological polar surface area (TPSA) is 38.3 Å². The Bertz CT molecular complexity index is 372. The number of nitrogens with one attached hydrogen (secondary N) is 1. The Morgan fingerprint density at radius 3 is 2.75 bits per heavy atom. The van der Waals surface area contributed by atoms with Crippen molar-refractivity contribution in [1.29, 1.82) is 0 Å². The Morgan fingerprint density at radius 1 is 1.50 bits per heavy atom. The smallest absolute Gasteiger partial charge is 0.240 e. The molecule has 0 saturated heterocycles. The molecule has 0 aliphatic rings. The Labute approximate surface area is 104 Å². The van der Waals surface area contributed by atoms with Crippen LogP contribution < -0.4 is 10.1 Å². The molecule has 1 rings (SSSR count). The number of alkyl halides is 1. The summed E-state index contributed by atoms with van der Waals surface area (Å²) in [5.74, 6) is 0.675. The van der Waals surface area contributed by atoms with Crippen molar-refractivity contribution in [2.24, 2.45) is 0 Å². The summed E-state index contributed by atoms with van der Waals surface area (Å²) in [6, 6.07) is 7.35. The molecular weight excluding hydrogens is 270 g/mol. The van der Waals surface area contributed by atoms with Crippen LogP contribution in [-0.4, -0.2) is 16.8 Å². The van der Waals surface area contributed by atoms with Gasteiger partial charge in [-0.25, -0.2) is 0 Å². The van der Waals surface area contributed by atoms with Gasteiger partial charge in [0.15, 0.2) is 0 Å². The van der Waals surface area contributed by atoms with Crippen molar-refractivity contribution in [3.8, 4) is 5.75 Å². The van der Waals surface area contributed by atoms with Gasteiger partial charge < -0.3 is 10.1 Å². The van der Waals surface area contributed by atoms with Crippen molar-refractivity contribution in [2.75, 3.05) is 11.9 Å². The predicted molar refractivity (Wildman–Crippen MR) is 69.2 cm³/mol. The monoisotopic (exact) mass is 285 g/mol. The third-order valence-corrected chi connectivity index (χ3v) is 2.30. The molecule has 0 atom stereocenters. The fourth-order valence-corrected chi connectivity index (χ4v) is 1.21. The largest absolute Gasteiger partial charge is 0.494 e. The zero-order valence-corrected chi connectivity index (χ0v) is 11.3. The van der Waals surface area contributed by atoms with E-state index in [0.717, 1.165) is 11.4 Å². The number of halogens is 1. The first kappa shape index (κ1) is 13.0. The second-order valence-corrected chi connectivity index (χ2v) is 5.87. The Morgan fingerprint density at radius 2 is 2.19 bits per heavy atom. The number of carbonyl (C=O) groups excluding carboxylic acids is 1. The van der Waals surface area contributed by atoms with Gasteiger partial charge in [0, 0.05) is 11.8 Å². The number of amides is 1. The number of anilines is 1.